The van der Waals surface area contributed by atoms with Crippen molar-refractivity contribution in [1.29, 1.82) is 0 Å². The van der Waals surface area contributed by atoms with E-state index in [0.717, 1.165) is 5.56 Å². The molecule has 0 radical (unpaired) electrons. The van der Waals surface area contributed by atoms with Gasteiger partial charge in [-0.2, -0.15) is 0 Å². The van der Waals surface area contributed by atoms with Gasteiger partial charge >= 0.3 is 0 Å². The van der Waals surface area contributed by atoms with Gasteiger partial charge in [-0.15, -0.1) is 0 Å². The second-order valence-corrected chi connectivity index (χ2v) is 3.10. The van der Waals surface area contributed by atoms with E-state index in [-0.39, 0.29) is 0 Å². The summed E-state index contributed by atoms with van der Waals surface area (Å²) in [6.45, 7) is 1.83. The fourth-order valence-corrected chi connectivity index (χ4v) is 1.14. The molecule has 0 fully saturated rings. The van der Waals surface area contributed by atoms with E-state index in [2.05, 4.69) is 4.98 Å². The molecule has 0 saturated carbocycles. The molecule has 0 aromatic carbocycles. The van der Waals surface area contributed by atoms with Crippen LogP contribution in [-0.2, 0) is 0 Å². The van der Waals surface area contributed by atoms with Crippen LogP contribution in [-0.4, -0.2) is 4.98 Å². The Labute approximate surface area is 74.0 Å². The molecule has 1 aromatic rings. The summed E-state index contributed by atoms with van der Waals surface area (Å²) in [6.07, 6.45) is 1.63. The third-order valence-electron chi connectivity index (χ3n) is 1.22. The first-order valence-corrected chi connectivity index (χ1v) is 3.82. The summed E-state index contributed by atoms with van der Waals surface area (Å²) in [4.78, 5) is 2.76. The molecular formula is C6H5Cl2NS. The van der Waals surface area contributed by atoms with Gasteiger partial charge in [0.1, 0.15) is 4.64 Å². The predicted molar refractivity (Wildman–Crippen MR) is 46.4 cm³/mol. The number of nitrogens with one attached hydrogen (secondary N) is 1. The Kier molecular flexibility index (Phi) is 2.34. The van der Waals surface area contributed by atoms with Crippen LogP contribution in [0.3, 0.4) is 0 Å². The number of aromatic amines is 1. The number of halogens is 2. The van der Waals surface area contributed by atoms with Crippen molar-refractivity contribution < 1.29 is 0 Å². The maximum Gasteiger partial charge on any atom is 0.122 e. The Morgan fingerprint density at radius 1 is 1.50 bits per heavy atom. The molecule has 1 rings (SSSR count). The molecule has 4 heteroatoms. The Morgan fingerprint density at radius 2 is 2.10 bits per heavy atom. The number of H-pyrrole nitrogens is 1. The Bertz CT molecular complexity index is 305. The summed E-state index contributed by atoms with van der Waals surface area (Å²) < 4.78 is 0.531. The van der Waals surface area contributed by atoms with E-state index >= 15 is 0 Å². The fourth-order valence-electron chi connectivity index (χ4n) is 0.576. The minimum Gasteiger partial charge on any atom is -0.350 e. The highest BCUT2D eigenvalue weighted by Gasteiger charge is 2.00. The molecule has 0 aliphatic heterocycles. The van der Waals surface area contributed by atoms with Crippen molar-refractivity contribution in [3.8, 4) is 0 Å². The molecule has 0 unspecified atom stereocenters. The zero-order valence-corrected chi connectivity index (χ0v) is 7.57. The lowest BCUT2D eigenvalue weighted by atomic mass is 10.3. The Morgan fingerprint density at radius 3 is 2.60 bits per heavy atom. The van der Waals surface area contributed by atoms with E-state index < -0.39 is 0 Å². The van der Waals surface area contributed by atoms with Crippen LogP contribution in [0.2, 0.25) is 10.0 Å². The molecule has 0 amide bonds. The first-order valence-electron chi connectivity index (χ1n) is 2.66. The number of hydrogen-bond donors (Lipinski definition) is 1. The molecule has 1 nitrogen and oxygen atoms in total. The number of pyridine rings is 1. The average Bonchev–Trinajstić information content (AvgIpc) is 1.93. The summed E-state index contributed by atoms with van der Waals surface area (Å²) in [5.74, 6) is 0. The lowest BCUT2D eigenvalue weighted by molar-refractivity contribution is 1.26. The largest absolute Gasteiger partial charge is 0.350 e. The molecule has 0 saturated heterocycles. The quantitative estimate of drug-likeness (QED) is 0.626. The molecule has 0 atom stereocenters. The van der Waals surface area contributed by atoms with E-state index in [1.54, 1.807) is 6.20 Å². The lowest BCUT2D eigenvalue weighted by Crippen LogP contribution is -1.81. The van der Waals surface area contributed by atoms with Crippen LogP contribution in [0.15, 0.2) is 6.20 Å². The van der Waals surface area contributed by atoms with Crippen molar-refractivity contribution in [2.24, 2.45) is 0 Å². The van der Waals surface area contributed by atoms with Gasteiger partial charge in [0.25, 0.3) is 0 Å². The van der Waals surface area contributed by atoms with Crippen LogP contribution in [0.5, 0.6) is 0 Å². The zero-order chi connectivity index (χ0) is 7.72. The highest BCUT2D eigenvalue weighted by molar-refractivity contribution is 7.71. The highest BCUT2D eigenvalue weighted by atomic mass is 35.5. The van der Waals surface area contributed by atoms with E-state index in [1.807, 2.05) is 6.92 Å². The molecule has 0 bridgehead atoms. The molecule has 0 aliphatic carbocycles. The topological polar surface area (TPSA) is 15.8 Å². The molecule has 0 aliphatic rings. The summed E-state index contributed by atoms with van der Waals surface area (Å²) in [7, 11) is 0. The zero-order valence-electron chi connectivity index (χ0n) is 5.24. The molecule has 0 spiro atoms. The number of hydrogen-bond acceptors (Lipinski definition) is 1. The van der Waals surface area contributed by atoms with Gasteiger partial charge in [-0.25, -0.2) is 0 Å². The van der Waals surface area contributed by atoms with Crippen LogP contribution >= 0.6 is 35.4 Å². The van der Waals surface area contributed by atoms with Gasteiger partial charge in [0.15, 0.2) is 0 Å². The van der Waals surface area contributed by atoms with Gasteiger partial charge in [0, 0.05) is 6.20 Å². The first kappa shape index (κ1) is 8.05. The van der Waals surface area contributed by atoms with Gasteiger partial charge in [-0.3, -0.25) is 0 Å². The van der Waals surface area contributed by atoms with E-state index in [4.69, 9.17) is 35.4 Å². The van der Waals surface area contributed by atoms with Crippen molar-refractivity contribution >= 4 is 35.4 Å². The van der Waals surface area contributed by atoms with Crippen LogP contribution in [0.1, 0.15) is 5.56 Å². The smallest absolute Gasteiger partial charge is 0.122 e. The van der Waals surface area contributed by atoms with Gasteiger partial charge < -0.3 is 4.98 Å². The fraction of sp³-hybridized carbons (Fsp3) is 0.167. The Balaban J connectivity index is 3.49. The summed E-state index contributed by atoms with van der Waals surface area (Å²) in [5, 5.41) is 1.14. The van der Waals surface area contributed by atoms with E-state index in [1.165, 1.54) is 0 Å². The third-order valence-corrected chi connectivity index (χ3v) is 2.52. The maximum absolute atomic E-state index is 5.76. The van der Waals surface area contributed by atoms with Crippen LogP contribution in [0.25, 0.3) is 0 Å². The standard InChI is InChI=1S/C6H5Cl2NS/c1-3-4(7)2-9-6(10)5(3)8/h2H,1H3,(H,9,10). The summed E-state index contributed by atoms with van der Waals surface area (Å²) >= 11 is 16.3. The van der Waals surface area contributed by atoms with Crippen molar-refractivity contribution in [1.82, 2.24) is 4.98 Å². The van der Waals surface area contributed by atoms with Crippen LogP contribution < -0.4 is 0 Å². The van der Waals surface area contributed by atoms with Crippen LogP contribution in [0.4, 0.5) is 0 Å². The van der Waals surface area contributed by atoms with Gasteiger partial charge in [-0.05, 0) is 12.5 Å². The summed E-state index contributed by atoms with van der Waals surface area (Å²) in [6, 6.07) is 0. The van der Waals surface area contributed by atoms with Crippen molar-refractivity contribution in [3.05, 3.63) is 26.4 Å². The lowest BCUT2D eigenvalue weighted by Gasteiger charge is -1.98. The minimum absolute atomic E-state index is 0.530. The normalized spacial score (nSPS) is 9.90. The molecule has 54 valence electrons. The minimum atomic E-state index is 0.530. The van der Waals surface area contributed by atoms with Crippen molar-refractivity contribution in [3.63, 3.8) is 0 Å². The van der Waals surface area contributed by atoms with Gasteiger partial charge in [-0.1, -0.05) is 35.4 Å². The first-order chi connectivity index (χ1) is 4.63. The summed E-state index contributed by atoms with van der Waals surface area (Å²) in [5.41, 5.74) is 0.826. The second-order valence-electron chi connectivity index (χ2n) is 1.90. The molecule has 1 aromatic heterocycles. The van der Waals surface area contributed by atoms with E-state index in [0.29, 0.717) is 14.7 Å². The third kappa shape index (κ3) is 1.34. The van der Waals surface area contributed by atoms with Crippen molar-refractivity contribution in [2.75, 3.05) is 0 Å². The molecule has 1 N–H and O–H groups in total. The van der Waals surface area contributed by atoms with E-state index in [9.17, 15) is 0 Å². The number of aromatic nitrogens is 1. The van der Waals surface area contributed by atoms with Gasteiger partial charge in [0.2, 0.25) is 0 Å². The monoisotopic (exact) mass is 193 g/mol. The highest BCUT2D eigenvalue weighted by Crippen LogP contribution is 2.22. The maximum atomic E-state index is 5.76. The van der Waals surface area contributed by atoms with Crippen LogP contribution in [0, 0.1) is 11.6 Å². The number of rotatable bonds is 0. The molecule has 10 heavy (non-hydrogen) atoms. The Hall–Kier alpha value is -0.0500. The van der Waals surface area contributed by atoms with Crippen molar-refractivity contribution in [2.45, 2.75) is 6.92 Å². The second kappa shape index (κ2) is 2.91. The SMILES string of the molecule is Cc1c(Cl)c[nH]c(=S)c1Cl. The predicted octanol–water partition coefficient (Wildman–Crippen LogP) is 3.36. The molecular weight excluding hydrogens is 189 g/mol. The van der Waals surface area contributed by atoms with Gasteiger partial charge in [0.05, 0.1) is 10.0 Å². The molecule has 1 heterocycles. The average molecular weight is 194 g/mol.